The number of aliphatic imine (C=N–C) groups is 1. The average Bonchev–Trinajstić information content (AvgIpc) is 2.78. The highest BCUT2D eigenvalue weighted by atomic mass is 16.5. The molecular weight excluding hydrogens is 408 g/mol. The van der Waals surface area contributed by atoms with Crippen LogP contribution in [0.2, 0.25) is 0 Å². The van der Waals surface area contributed by atoms with Crippen molar-refractivity contribution in [3.63, 3.8) is 0 Å². The number of benzene rings is 3. The predicted molar refractivity (Wildman–Crippen MR) is 138 cm³/mol. The molecule has 0 bridgehead atoms. The van der Waals surface area contributed by atoms with Gasteiger partial charge in [-0.3, -0.25) is 4.99 Å². The van der Waals surface area contributed by atoms with E-state index < -0.39 is 0 Å². The summed E-state index contributed by atoms with van der Waals surface area (Å²) in [6.45, 7) is 11.6. The molecule has 0 amide bonds. The van der Waals surface area contributed by atoms with E-state index in [0.717, 1.165) is 34.9 Å². The first-order valence-corrected chi connectivity index (χ1v) is 11.7. The number of fused-ring (bicyclic) bond motifs is 1. The molecule has 0 fully saturated rings. The van der Waals surface area contributed by atoms with E-state index in [-0.39, 0.29) is 5.54 Å². The van der Waals surface area contributed by atoms with E-state index in [2.05, 4.69) is 57.7 Å². The number of hydrogen-bond acceptors (Lipinski definition) is 4. The van der Waals surface area contributed by atoms with Crippen LogP contribution >= 0.6 is 0 Å². The van der Waals surface area contributed by atoms with Crippen LogP contribution in [0.15, 0.2) is 71.7 Å². The molecule has 1 aliphatic rings. The summed E-state index contributed by atoms with van der Waals surface area (Å²) in [5.41, 5.74) is 4.95. The second-order valence-corrected chi connectivity index (χ2v) is 9.73. The molecule has 0 radical (unpaired) electrons. The summed E-state index contributed by atoms with van der Waals surface area (Å²) in [6.07, 6.45) is 3.10. The fourth-order valence-electron chi connectivity index (χ4n) is 5.06. The maximum Gasteiger partial charge on any atom is 0.127 e. The monoisotopic (exact) mass is 442 g/mol. The topological polar surface area (TPSA) is 34.1 Å². The van der Waals surface area contributed by atoms with Gasteiger partial charge >= 0.3 is 0 Å². The van der Waals surface area contributed by atoms with Gasteiger partial charge in [0, 0.05) is 23.5 Å². The van der Waals surface area contributed by atoms with Crippen LogP contribution < -0.4 is 14.4 Å². The molecule has 0 aromatic heterocycles. The molecule has 0 saturated heterocycles. The van der Waals surface area contributed by atoms with Crippen molar-refractivity contribution < 1.29 is 9.47 Å². The molecule has 3 aromatic carbocycles. The van der Waals surface area contributed by atoms with Gasteiger partial charge in [0.25, 0.3) is 0 Å². The number of methoxy groups -OCH3 is 1. The van der Waals surface area contributed by atoms with Gasteiger partial charge in [-0.25, -0.2) is 0 Å². The highest BCUT2D eigenvalue weighted by molar-refractivity contribution is 5.84. The number of ether oxygens (including phenoxy) is 2. The Balaban J connectivity index is 1.48. The zero-order chi connectivity index (χ0) is 23.6. The fraction of sp³-hybridized carbons (Fsp3) is 0.345. The van der Waals surface area contributed by atoms with E-state index >= 15 is 0 Å². The van der Waals surface area contributed by atoms with Crippen molar-refractivity contribution >= 4 is 17.6 Å². The van der Waals surface area contributed by atoms with Crippen LogP contribution in [0.4, 0.5) is 11.4 Å². The summed E-state index contributed by atoms with van der Waals surface area (Å²) in [7, 11) is 1.65. The van der Waals surface area contributed by atoms with Crippen molar-refractivity contribution in [1.29, 1.82) is 0 Å². The lowest BCUT2D eigenvalue weighted by molar-refractivity contribution is 0.356. The zero-order valence-corrected chi connectivity index (χ0v) is 20.5. The van der Waals surface area contributed by atoms with Gasteiger partial charge in [0.15, 0.2) is 0 Å². The number of nitrogens with zero attached hydrogens (tertiary/aromatic N) is 2. The third-order valence-corrected chi connectivity index (χ3v) is 6.31. The van der Waals surface area contributed by atoms with Crippen molar-refractivity contribution in [2.75, 3.05) is 12.0 Å². The first-order valence-electron chi connectivity index (χ1n) is 11.7. The second kappa shape index (κ2) is 9.30. The summed E-state index contributed by atoms with van der Waals surface area (Å²) >= 11 is 0. The minimum absolute atomic E-state index is 0.159. The summed E-state index contributed by atoms with van der Waals surface area (Å²) < 4.78 is 11.1. The van der Waals surface area contributed by atoms with Crippen LogP contribution in [-0.2, 0) is 0 Å². The largest absolute Gasteiger partial charge is 0.497 e. The van der Waals surface area contributed by atoms with Crippen LogP contribution in [0.25, 0.3) is 0 Å². The van der Waals surface area contributed by atoms with Crippen LogP contribution in [0.5, 0.6) is 17.2 Å². The van der Waals surface area contributed by atoms with Gasteiger partial charge in [-0.1, -0.05) is 13.0 Å². The molecule has 4 nitrogen and oxygen atoms in total. The Morgan fingerprint density at radius 2 is 1.55 bits per heavy atom. The number of hydrogen-bond donors (Lipinski definition) is 0. The Labute approximate surface area is 197 Å². The highest BCUT2D eigenvalue weighted by Crippen LogP contribution is 2.44. The molecule has 0 saturated carbocycles. The average molecular weight is 443 g/mol. The van der Waals surface area contributed by atoms with Gasteiger partial charge in [0.2, 0.25) is 0 Å². The molecular formula is C29H34N2O2. The molecule has 1 heterocycles. The van der Waals surface area contributed by atoms with Gasteiger partial charge in [-0.15, -0.1) is 0 Å². The summed E-state index contributed by atoms with van der Waals surface area (Å²) in [6, 6.07) is 22.6. The van der Waals surface area contributed by atoms with E-state index in [1.807, 2.05) is 54.7 Å². The van der Waals surface area contributed by atoms with E-state index in [4.69, 9.17) is 14.5 Å². The van der Waals surface area contributed by atoms with Gasteiger partial charge in [-0.2, -0.15) is 0 Å². The Morgan fingerprint density at radius 1 is 0.939 bits per heavy atom. The fourth-order valence-corrected chi connectivity index (χ4v) is 5.06. The van der Waals surface area contributed by atoms with Crippen LogP contribution in [0.3, 0.4) is 0 Å². The van der Waals surface area contributed by atoms with Crippen molar-refractivity contribution in [3.05, 3.63) is 77.9 Å². The third-order valence-electron chi connectivity index (χ3n) is 6.31. The molecule has 0 unspecified atom stereocenters. The Morgan fingerprint density at radius 3 is 2.15 bits per heavy atom. The minimum atomic E-state index is 0.159. The smallest absolute Gasteiger partial charge is 0.127 e. The van der Waals surface area contributed by atoms with Crippen molar-refractivity contribution in [3.8, 4) is 17.2 Å². The van der Waals surface area contributed by atoms with Crippen LogP contribution in [0.1, 0.15) is 58.1 Å². The Bertz CT molecular complexity index is 1120. The van der Waals surface area contributed by atoms with E-state index in [1.54, 1.807) is 7.11 Å². The first-order chi connectivity index (χ1) is 15.8. The molecule has 1 atom stereocenters. The molecule has 4 rings (SSSR count). The molecule has 3 aromatic rings. The second-order valence-electron chi connectivity index (χ2n) is 9.73. The summed E-state index contributed by atoms with van der Waals surface area (Å²) in [5, 5.41) is 0. The third kappa shape index (κ3) is 5.05. The standard InChI is InChI=1S/C29H34N2O2/c1-20(2)31-28-16-7-22(17-27(28)21(3)18-29(31,4)5)19-30-23-8-10-25(11-9-23)33-26-14-12-24(32-6)13-15-26/h7-17,19-21H,18H2,1-6H3/t21-/m0/s1. The predicted octanol–water partition coefficient (Wildman–Crippen LogP) is 7.74. The molecule has 0 N–H and O–H groups in total. The van der Waals surface area contributed by atoms with E-state index in [0.29, 0.717) is 12.0 Å². The Hall–Kier alpha value is -3.27. The first kappa shape index (κ1) is 22.9. The number of rotatable bonds is 6. The summed E-state index contributed by atoms with van der Waals surface area (Å²) in [4.78, 5) is 7.25. The maximum atomic E-state index is 5.90. The van der Waals surface area contributed by atoms with Crippen LogP contribution in [0, 0.1) is 0 Å². The van der Waals surface area contributed by atoms with Crippen molar-refractivity contribution in [2.24, 2.45) is 4.99 Å². The molecule has 33 heavy (non-hydrogen) atoms. The number of anilines is 1. The van der Waals surface area contributed by atoms with Crippen LogP contribution in [-0.4, -0.2) is 24.9 Å². The molecule has 172 valence electrons. The maximum absolute atomic E-state index is 5.90. The lowest BCUT2D eigenvalue weighted by atomic mass is 9.79. The van der Waals surface area contributed by atoms with E-state index in [9.17, 15) is 0 Å². The molecule has 1 aliphatic heterocycles. The quantitative estimate of drug-likeness (QED) is 0.366. The van der Waals surface area contributed by atoms with Gasteiger partial charge in [-0.05, 0) is 112 Å². The Kier molecular flexibility index (Phi) is 6.46. The summed E-state index contributed by atoms with van der Waals surface area (Å²) in [5.74, 6) is 2.88. The lowest BCUT2D eigenvalue weighted by Gasteiger charge is -2.50. The highest BCUT2D eigenvalue weighted by Gasteiger charge is 2.37. The van der Waals surface area contributed by atoms with E-state index in [1.165, 1.54) is 11.3 Å². The lowest BCUT2D eigenvalue weighted by Crippen LogP contribution is -2.51. The van der Waals surface area contributed by atoms with Gasteiger partial charge in [0.05, 0.1) is 12.8 Å². The van der Waals surface area contributed by atoms with Gasteiger partial charge < -0.3 is 14.4 Å². The normalized spacial score (nSPS) is 17.3. The van der Waals surface area contributed by atoms with Crippen molar-refractivity contribution in [2.45, 2.75) is 58.5 Å². The SMILES string of the molecule is COc1ccc(Oc2ccc(N=Cc3ccc4c(c3)[C@@H](C)CC(C)(C)N4C(C)C)cc2)cc1. The van der Waals surface area contributed by atoms with Crippen molar-refractivity contribution in [1.82, 2.24) is 0 Å². The minimum Gasteiger partial charge on any atom is -0.497 e. The molecule has 4 heteroatoms. The molecule has 0 aliphatic carbocycles. The van der Waals surface area contributed by atoms with Gasteiger partial charge in [0.1, 0.15) is 17.2 Å². The molecule has 0 spiro atoms. The zero-order valence-electron chi connectivity index (χ0n) is 20.5.